The molecule has 0 spiro atoms. The van der Waals surface area contributed by atoms with E-state index in [9.17, 15) is 13.2 Å². The molecule has 2 aromatic heterocycles. The van der Waals surface area contributed by atoms with Crippen LogP contribution in [0.4, 0.5) is 5.69 Å². The fourth-order valence-electron chi connectivity index (χ4n) is 3.02. The van der Waals surface area contributed by atoms with Gasteiger partial charge in [0.05, 0.1) is 10.6 Å². The molecule has 3 N–H and O–H groups in total. The molecule has 2 aromatic carbocycles. The van der Waals surface area contributed by atoms with Gasteiger partial charge in [-0.15, -0.1) is 0 Å². The smallest absolute Gasteiger partial charge is 0.255 e. The summed E-state index contributed by atoms with van der Waals surface area (Å²) in [5, 5.41) is 7.94. The summed E-state index contributed by atoms with van der Waals surface area (Å²) in [5.41, 5.74) is 4.08. The lowest BCUT2D eigenvalue weighted by atomic mass is 10.1. The van der Waals surface area contributed by atoms with E-state index in [4.69, 9.17) is 5.14 Å². The lowest BCUT2D eigenvalue weighted by molar-refractivity contribution is 0.102. The molecule has 4 rings (SSSR count). The molecular weight excluding hydrogens is 388 g/mol. The number of aryl methyl sites for hydroxylation is 1. The third-order valence-electron chi connectivity index (χ3n) is 4.58. The van der Waals surface area contributed by atoms with Gasteiger partial charge in [0.15, 0.2) is 0 Å². The average molecular weight is 406 g/mol. The molecule has 29 heavy (non-hydrogen) atoms. The van der Waals surface area contributed by atoms with Gasteiger partial charge < -0.3 is 9.72 Å². The van der Waals surface area contributed by atoms with E-state index in [-0.39, 0.29) is 10.5 Å². The van der Waals surface area contributed by atoms with Crippen LogP contribution in [0.5, 0.6) is 0 Å². The Labute approximate surface area is 167 Å². The molecule has 0 aliphatic carbocycles. The molecule has 0 atom stereocenters. The predicted molar refractivity (Wildman–Crippen MR) is 111 cm³/mol. The lowest BCUT2D eigenvalue weighted by Gasteiger charge is -2.09. The number of benzene rings is 2. The van der Waals surface area contributed by atoms with Crippen LogP contribution in [0.1, 0.15) is 15.9 Å². The number of nitrogens with zero attached hydrogens (tertiary/aromatic N) is 2. The number of hydrogen-bond acceptors (Lipinski definition) is 4. The van der Waals surface area contributed by atoms with Gasteiger partial charge in [0.2, 0.25) is 10.0 Å². The van der Waals surface area contributed by atoms with Crippen molar-refractivity contribution in [2.24, 2.45) is 5.14 Å². The van der Waals surface area contributed by atoms with E-state index in [1.54, 1.807) is 25.1 Å². The summed E-state index contributed by atoms with van der Waals surface area (Å²) >= 11 is 0. The van der Waals surface area contributed by atoms with Crippen LogP contribution in [0, 0.1) is 6.92 Å². The summed E-state index contributed by atoms with van der Waals surface area (Å²) in [6, 6.07) is 17.3. The Morgan fingerprint density at radius 2 is 1.83 bits per heavy atom. The first-order valence-electron chi connectivity index (χ1n) is 8.80. The molecule has 1 amide bonds. The van der Waals surface area contributed by atoms with E-state index in [0.717, 1.165) is 16.9 Å². The minimum atomic E-state index is -3.88. The Morgan fingerprint density at radius 3 is 2.52 bits per heavy atom. The highest BCUT2D eigenvalue weighted by molar-refractivity contribution is 7.89. The fourth-order valence-corrected chi connectivity index (χ4v) is 3.56. The number of aromatic nitrogens is 2. The van der Waals surface area contributed by atoms with E-state index >= 15 is 0 Å². The van der Waals surface area contributed by atoms with E-state index in [1.165, 1.54) is 12.1 Å². The van der Waals surface area contributed by atoms with E-state index in [2.05, 4.69) is 10.3 Å². The summed E-state index contributed by atoms with van der Waals surface area (Å²) in [7, 11) is -3.88. The van der Waals surface area contributed by atoms with Crippen LogP contribution in [0.2, 0.25) is 0 Å². The molecule has 0 radical (unpaired) electrons. The molecule has 7 nitrogen and oxygen atoms in total. The number of rotatable bonds is 4. The topological polar surface area (TPSA) is 107 Å². The Kier molecular flexibility index (Phi) is 4.65. The third-order valence-corrected chi connectivity index (χ3v) is 5.50. The van der Waals surface area contributed by atoms with Crippen molar-refractivity contribution in [3.8, 4) is 11.3 Å². The number of amides is 1. The second-order valence-corrected chi connectivity index (χ2v) is 8.21. The Balaban J connectivity index is 1.57. The van der Waals surface area contributed by atoms with Crippen LogP contribution >= 0.6 is 0 Å². The third kappa shape index (κ3) is 3.89. The van der Waals surface area contributed by atoms with Crippen molar-refractivity contribution in [2.75, 3.05) is 5.32 Å². The zero-order valence-corrected chi connectivity index (χ0v) is 16.3. The highest BCUT2D eigenvalue weighted by Gasteiger charge is 2.15. The van der Waals surface area contributed by atoms with Crippen molar-refractivity contribution in [1.29, 1.82) is 0 Å². The van der Waals surface area contributed by atoms with E-state index < -0.39 is 15.9 Å². The first-order chi connectivity index (χ1) is 13.8. The first kappa shape index (κ1) is 18.9. The summed E-state index contributed by atoms with van der Waals surface area (Å²) in [4.78, 5) is 17.1. The molecule has 0 aliphatic heterocycles. The average Bonchev–Trinajstić information content (AvgIpc) is 3.12. The van der Waals surface area contributed by atoms with Crippen LogP contribution in [0.25, 0.3) is 16.9 Å². The zero-order valence-electron chi connectivity index (χ0n) is 15.5. The monoisotopic (exact) mass is 406 g/mol. The first-order valence-corrected chi connectivity index (χ1v) is 10.3. The Bertz CT molecular complexity index is 1290. The van der Waals surface area contributed by atoms with Gasteiger partial charge in [-0.3, -0.25) is 4.79 Å². The number of anilines is 1. The SMILES string of the molecule is Cc1ccc(S(N)(=O)=O)cc1C(=O)Nc1ccc(-c2cn3ccccc3n2)cc1. The molecule has 4 aromatic rings. The highest BCUT2D eigenvalue weighted by atomic mass is 32.2. The molecule has 146 valence electrons. The number of sulfonamides is 1. The number of nitrogens with two attached hydrogens (primary N) is 1. The molecule has 0 unspecified atom stereocenters. The number of imidazole rings is 1. The van der Waals surface area contributed by atoms with Crippen LogP contribution in [0.15, 0.2) is 78.0 Å². The number of fused-ring (bicyclic) bond motifs is 1. The van der Waals surface area contributed by atoms with Crippen molar-refractivity contribution in [1.82, 2.24) is 9.38 Å². The largest absolute Gasteiger partial charge is 0.322 e. The van der Waals surface area contributed by atoms with Gasteiger partial charge in [-0.05, 0) is 48.9 Å². The molecule has 0 saturated carbocycles. The minimum absolute atomic E-state index is 0.101. The predicted octanol–water partition coefficient (Wildman–Crippen LogP) is 3.21. The zero-order chi connectivity index (χ0) is 20.6. The van der Waals surface area contributed by atoms with Crippen molar-refractivity contribution < 1.29 is 13.2 Å². The molecule has 0 fully saturated rings. The molecular formula is C21H18N4O3S. The Morgan fingerprint density at radius 1 is 1.07 bits per heavy atom. The molecule has 2 heterocycles. The van der Waals surface area contributed by atoms with Gasteiger partial charge in [-0.2, -0.15) is 0 Å². The van der Waals surface area contributed by atoms with Gasteiger partial charge in [-0.1, -0.05) is 24.3 Å². The number of carbonyl (C=O) groups excluding carboxylic acids is 1. The minimum Gasteiger partial charge on any atom is -0.322 e. The van der Waals surface area contributed by atoms with Crippen molar-refractivity contribution in [3.63, 3.8) is 0 Å². The Hall–Kier alpha value is -3.49. The van der Waals surface area contributed by atoms with Gasteiger partial charge in [0, 0.05) is 29.2 Å². The maximum atomic E-state index is 12.6. The summed E-state index contributed by atoms with van der Waals surface area (Å²) in [6.45, 7) is 1.73. The maximum Gasteiger partial charge on any atom is 0.255 e. The van der Waals surface area contributed by atoms with Gasteiger partial charge >= 0.3 is 0 Å². The van der Waals surface area contributed by atoms with Crippen molar-refractivity contribution in [3.05, 3.63) is 84.2 Å². The molecule has 0 saturated heterocycles. The fraction of sp³-hybridized carbons (Fsp3) is 0.0476. The van der Waals surface area contributed by atoms with Crippen LogP contribution in [-0.2, 0) is 10.0 Å². The molecule has 8 heteroatoms. The number of nitrogens with one attached hydrogen (secondary N) is 1. The lowest BCUT2D eigenvalue weighted by Crippen LogP contribution is -2.17. The molecule has 0 aliphatic rings. The van der Waals surface area contributed by atoms with Gasteiger partial charge in [-0.25, -0.2) is 18.5 Å². The number of hydrogen-bond donors (Lipinski definition) is 2. The number of carbonyl (C=O) groups is 1. The van der Waals surface area contributed by atoms with E-state index in [1.807, 2.05) is 47.1 Å². The van der Waals surface area contributed by atoms with Crippen molar-refractivity contribution in [2.45, 2.75) is 11.8 Å². The number of pyridine rings is 1. The maximum absolute atomic E-state index is 12.6. The second-order valence-electron chi connectivity index (χ2n) is 6.65. The van der Waals surface area contributed by atoms with Crippen LogP contribution in [-0.4, -0.2) is 23.7 Å². The summed E-state index contributed by atoms with van der Waals surface area (Å²) < 4.78 is 25.0. The van der Waals surface area contributed by atoms with Gasteiger partial charge in [0.25, 0.3) is 5.91 Å². The second kappa shape index (κ2) is 7.16. The van der Waals surface area contributed by atoms with Crippen LogP contribution < -0.4 is 10.5 Å². The van der Waals surface area contributed by atoms with Gasteiger partial charge in [0.1, 0.15) is 5.65 Å². The van der Waals surface area contributed by atoms with E-state index in [0.29, 0.717) is 11.3 Å². The van der Waals surface area contributed by atoms with Crippen molar-refractivity contribution >= 4 is 27.3 Å². The van der Waals surface area contributed by atoms with Crippen LogP contribution in [0.3, 0.4) is 0 Å². The summed E-state index contributed by atoms with van der Waals surface area (Å²) in [6.07, 6.45) is 3.86. The highest BCUT2D eigenvalue weighted by Crippen LogP contribution is 2.22. The molecule has 0 bridgehead atoms. The number of primary sulfonamides is 1. The quantitative estimate of drug-likeness (QED) is 0.543. The summed E-state index contributed by atoms with van der Waals surface area (Å²) in [5.74, 6) is -0.409. The normalized spacial score (nSPS) is 11.5. The standard InChI is InChI=1S/C21H18N4O3S/c1-14-5-10-17(29(22,27)28)12-18(14)21(26)23-16-8-6-15(7-9-16)19-13-25-11-3-2-4-20(25)24-19/h2-13H,1H3,(H,23,26)(H2,22,27,28).